The van der Waals surface area contributed by atoms with Crippen molar-refractivity contribution in [3.63, 3.8) is 0 Å². The molecule has 9 nitrogen and oxygen atoms in total. The summed E-state index contributed by atoms with van der Waals surface area (Å²) >= 11 is 1.33. The maximum absolute atomic E-state index is 14.3. The molecule has 1 aromatic heterocycles. The average molecular weight is 597 g/mol. The molecule has 0 spiro atoms. The summed E-state index contributed by atoms with van der Waals surface area (Å²) in [4.78, 5) is 49.7. The zero-order chi connectivity index (χ0) is 29.6. The second kappa shape index (κ2) is 14.0. The lowest BCUT2D eigenvalue weighted by atomic mass is 9.82. The molecule has 0 radical (unpaired) electrons. The second-order valence-corrected chi connectivity index (χ2v) is 13.2. The SMILES string of the molecule is CC1CCC(C(=O)N(c2cc(-c3ccccc3)sc2C(=O)OCOC(=O)N2CCN(C)CC2)C2CCN(C)CC2)CC1. The molecule has 0 bridgehead atoms. The first-order chi connectivity index (χ1) is 20.3. The van der Waals surface area contributed by atoms with Crippen LogP contribution in [0.5, 0.6) is 0 Å². The molecule has 0 N–H and O–H groups in total. The Labute approximate surface area is 253 Å². The van der Waals surface area contributed by atoms with Crippen LogP contribution in [0.2, 0.25) is 0 Å². The fourth-order valence-corrected chi connectivity index (χ4v) is 7.23. The Kier molecular flexibility index (Phi) is 10.2. The summed E-state index contributed by atoms with van der Waals surface area (Å²) in [5.74, 6) is 0.126. The van der Waals surface area contributed by atoms with Gasteiger partial charge in [-0.05, 0) is 83.3 Å². The minimum atomic E-state index is -0.577. The monoisotopic (exact) mass is 596 g/mol. The fraction of sp³-hybridized carbons (Fsp3) is 0.594. The highest BCUT2D eigenvalue weighted by atomic mass is 32.1. The third kappa shape index (κ3) is 7.33. The Morgan fingerprint density at radius 3 is 2.17 bits per heavy atom. The topological polar surface area (TPSA) is 82.6 Å². The van der Waals surface area contributed by atoms with E-state index < -0.39 is 18.9 Å². The lowest BCUT2D eigenvalue weighted by molar-refractivity contribution is -0.124. The van der Waals surface area contributed by atoms with Crippen molar-refractivity contribution in [3.8, 4) is 10.4 Å². The molecule has 2 saturated heterocycles. The van der Waals surface area contributed by atoms with E-state index in [-0.39, 0.29) is 17.9 Å². The summed E-state index contributed by atoms with van der Waals surface area (Å²) in [6, 6.07) is 11.9. The zero-order valence-corrected chi connectivity index (χ0v) is 25.9. The molecule has 0 unspecified atom stereocenters. The maximum Gasteiger partial charge on any atom is 0.412 e. The molecule has 2 aliphatic heterocycles. The number of thiophene rings is 1. The summed E-state index contributed by atoms with van der Waals surface area (Å²) in [5.41, 5.74) is 1.60. The van der Waals surface area contributed by atoms with Gasteiger partial charge in [0.2, 0.25) is 12.7 Å². The van der Waals surface area contributed by atoms with Crippen molar-refractivity contribution >= 4 is 35.0 Å². The predicted molar refractivity (Wildman–Crippen MR) is 165 cm³/mol. The molecule has 3 heterocycles. The molecule has 3 fully saturated rings. The van der Waals surface area contributed by atoms with Gasteiger partial charge in [-0.3, -0.25) is 4.79 Å². The van der Waals surface area contributed by atoms with Crippen molar-refractivity contribution in [2.45, 2.75) is 51.5 Å². The molecule has 42 heavy (non-hydrogen) atoms. The van der Waals surface area contributed by atoms with Crippen LogP contribution in [-0.4, -0.2) is 98.9 Å². The van der Waals surface area contributed by atoms with E-state index in [4.69, 9.17) is 9.47 Å². The van der Waals surface area contributed by atoms with Crippen LogP contribution in [0.15, 0.2) is 36.4 Å². The van der Waals surface area contributed by atoms with Crippen molar-refractivity contribution in [2.24, 2.45) is 11.8 Å². The molecule has 228 valence electrons. The Morgan fingerprint density at radius 1 is 0.857 bits per heavy atom. The van der Waals surface area contributed by atoms with Gasteiger partial charge < -0.3 is 29.1 Å². The smallest absolute Gasteiger partial charge is 0.412 e. The van der Waals surface area contributed by atoms with Crippen LogP contribution in [0.1, 0.15) is 55.1 Å². The normalized spacial score (nSPS) is 22.5. The largest absolute Gasteiger partial charge is 0.424 e. The third-order valence-electron chi connectivity index (χ3n) is 9.01. The predicted octanol–water partition coefficient (Wildman–Crippen LogP) is 5.17. The number of carbonyl (C=O) groups is 3. The summed E-state index contributed by atoms with van der Waals surface area (Å²) in [7, 11) is 4.12. The first-order valence-electron chi connectivity index (χ1n) is 15.3. The molecular weight excluding hydrogens is 552 g/mol. The summed E-state index contributed by atoms with van der Waals surface area (Å²) in [6.45, 7) is 6.28. The zero-order valence-electron chi connectivity index (χ0n) is 25.1. The first kappa shape index (κ1) is 30.5. The molecule has 0 atom stereocenters. The number of anilines is 1. The number of piperidine rings is 1. The minimum absolute atomic E-state index is 0.00730. The Morgan fingerprint density at radius 2 is 1.50 bits per heavy atom. The maximum atomic E-state index is 14.3. The number of nitrogens with zero attached hydrogens (tertiary/aromatic N) is 4. The lowest BCUT2D eigenvalue weighted by Crippen LogP contribution is -2.49. The van der Waals surface area contributed by atoms with E-state index in [1.165, 1.54) is 11.3 Å². The second-order valence-electron chi connectivity index (χ2n) is 12.1. The van der Waals surface area contributed by atoms with Gasteiger partial charge >= 0.3 is 12.1 Å². The number of amides is 2. The molecule has 2 amide bonds. The summed E-state index contributed by atoms with van der Waals surface area (Å²) in [6.07, 6.45) is 5.05. The number of likely N-dealkylation sites (tertiary alicyclic amines) is 1. The highest BCUT2D eigenvalue weighted by Gasteiger charge is 2.37. The number of benzene rings is 1. The summed E-state index contributed by atoms with van der Waals surface area (Å²) < 4.78 is 10.9. The number of carbonyl (C=O) groups excluding carboxylic acids is 3. The standard InChI is InChI=1S/C32H44N4O5S/c1-23-9-11-25(12-10-23)30(37)36(26-13-15-33(2)16-14-26)27-21-28(24-7-5-4-6-8-24)42-29(27)31(38)40-22-41-32(39)35-19-17-34(3)18-20-35/h4-8,21,23,25-26H,9-20,22H2,1-3H3. The van der Waals surface area contributed by atoms with Crippen LogP contribution >= 0.6 is 11.3 Å². The van der Waals surface area contributed by atoms with Gasteiger partial charge in [-0.25, -0.2) is 9.59 Å². The van der Waals surface area contributed by atoms with Crippen molar-refractivity contribution in [3.05, 3.63) is 41.3 Å². The van der Waals surface area contributed by atoms with Crippen LogP contribution in [-0.2, 0) is 14.3 Å². The Bertz CT molecular complexity index is 1210. The highest BCUT2D eigenvalue weighted by Crippen LogP contribution is 2.41. The molecule has 2 aromatic rings. The quantitative estimate of drug-likeness (QED) is 0.322. The van der Waals surface area contributed by atoms with Gasteiger partial charge in [0.15, 0.2) is 0 Å². The van der Waals surface area contributed by atoms with Crippen LogP contribution in [0.4, 0.5) is 10.5 Å². The van der Waals surface area contributed by atoms with E-state index in [0.29, 0.717) is 29.6 Å². The number of ether oxygens (including phenoxy) is 2. The fourth-order valence-electron chi connectivity index (χ4n) is 6.18. The Hall–Kier alpha value is -2.95. The van der Waals surface area contributed by atoms with Gasteiger partial charge in [0, 0.05) is 43.0 Å². The van der Waals surface area contributed by atoms with E-state index in [9.17, 15) is 14.4 Å². The van der Waals surface area contributed by atoms with Crippen molar-refractivity contribution < 1.29 is 23.9 Å². The number of hydrogen-bond donors (Lipinski definition) is 0. The van der Waals surface area contributed by atoms with E-state index in [1.54, 1.807) is 4.90 Å². The number of hydrogen-bond acceptors (Lipinski definition) is 8. The third-order valence-corrected chi connectivity index (χ3v) is 10.2. The van der Waals surface area contributed by atoms with Crippen molar-refractivity contribution in [1.29, 1.82) is 0 Å². The van der Waals surface area contributed by atoms with Gasteiger partial charge in [0.25, 0.3) is 0 Å². The molecule has 5 rings (SSSR count). The minimum Gasteiger partial charge on any atom is -0.424 e. The van der Waals surface area contributed by atoms with E-state index in [2.05, 4.69) is 23.8 Å². The number of piperazine rings is 1. The number of esters is 1. The molecule has 3 aliphatic rings. The van der Waals surface area contributed by atoms with E-state index >= 15 is 0 Å². The molecule has 1 saturated carbocycles. The van der Waals surface area contributed by atoms with Gasteiger partial charge in [-0.2, -0.15) is 0 Å². The Balaban J connectivity index is 1.40. The van der Waals surface area contributed by atoms with E-state index in [1.807, 2.05) is 48.3 Å². The highest BCUT2D eigenvalue weighted by molar-refractivity contribution is 7.18. The van der Waals surface area contributed by atoms with Crippen LogP contribution in [0.3, 0.4) is 0 Å². The van der Waals surface area contributed by atoms with Gasteiger partial charge in [-0.1, -0.05) is 37.3 Å². The van der Waals surface area contributed by atoms with Gasteiger partial charge in [0.05, 0.1) is 5.69 Å². The summed E-state index contributed by atoms with van der Waals surface area (Å²) in [5, 5.41) is 0. The van der Waals surface area contributed by atoms with Gasteiger partial charge in [-0.15, -0.1) is 11.3 Å². The van der Waals surface area contributed by atoms with E-state index in [0.717, 1.165) is 75.1 Å². The molecule has 1 aromatic carbocycles. The average Bonchev–Trinajstić information content (AvgIpc) is 3.44. The number of likely N-dealkylation sites (N-methyl/N-ethyl adjacent to an activating group) is 1. The first-order valence-corrected chi connectivity index (χ1v) is 16.1. The van der Waals surface area contributed by atoms with Crippen molar-refractivity contribution in [2.75, 3.05) is 65.1 Å². The van der Waals surface area contributed by atoms with Crippen LogP contribution < -0.4 is 4.90 Å². The van der Waals surface area contributed by atoms with Gasteiger partial charge in [0.1, 0.15) is 4.88 Å². The molecule has 1 aliphatic carbocycles. The molecule has 10 heteroatoms. The van der Waals surface area contributed by atoms with Crippen LogP contribution in [0, 0.1) is 11.8 Å². The molecular formula is C32H44N4O5S. The number of rotatable bonds is 7. The van der Waals surface area contributed by atoms with Crippen LogP contribution in [0.25, 0.3) is 10.4 Å². The van der Waals surface area contributed by atoms with Crippen molar-refractivity contribution in [1.82, 2.24) is 14.7 Å². The lowest BCUT2D eigenvalue weighted by Gasteiger charge is -2.40.